The summed E-state index contributed by atoms with van der Waals surface area (Å²) in [6.45, 7) is 3.30. The van der Waals surface area contributed by atoms with E-state index in [9.17, 15) is 19.7 Å². The van der Waals surface area contributed by atoms with Gasteiger partial charge in [0.05, 0.1) is 11.5 Å². The standard InChI is InChI=1S/C19H20N2O7/c1-3-26-16-6-4-5-7-17(16)27-12-18(22)28-13(2)19(23)20-14-8-10-15(11-9-14)21(24)25/h4-11,13H,3,12H2,1-2H3,(H,20,23). The molecule has 0 saturated carbocycles. The highest BCUT2D eigenvalue weighted by Gasteiger charge is 2.19. The summed E-state index contributed by atoms with van der Waals surface area (Å²) in [5.74, 6) is -0.402. The Balaban J connectivity index is 1.84. The highest BCUT2D eigenvalue weighted by molar-refractivity contribution is 5.95. The van der Waals surface area contributed by atoms with Crippen LogP contribution in [0.5, 0.6) is 11.5 Å². The predicted octanol–water partition coefficient (Wildman–Crippen LogP) is 2.94. The molecule has 148 valence electrons. The van der Waals surface area contributed by atoms with Crippen LogP contribution < -0.4 is 14.8 Å². The molecule has 0 aliphatic heterocycles. The number of esters is 1. The third-order valence-electron chi connectivity index (χ3n) is 3.52. The van der Waals surface area contributed by atoms with E-state index in [1.54, 1.807) is 24.3 Å². The molecule has 1 N–H and O–H groups in total. The van der Waals surface area contributed by atoms with Crippen molar-refractivity contribution >= 4 is 23.3 Å². The van der Waals surface area contributed by atoms with Crippen LogP contribution in [0.1, 0.15) is 13.8 Å². The summed E-state index contributed by atoms with van der Waals surface area (Å²) in [6, 6.07) is 12.2. The number of ether oxygens (including phenoxy) is 3. The van der Waals surface area contributed by atoms with Gasteiger partial charge in [0.1, 0.15) is 0 Å². The van der Waals surface area contributed by atoms with Crippen molar-refractivity contribution in [3.63, 3.8) is 0 Å². The molecule has 1 amide bonds. The van der Waals surface area contributed by atoms with Gasteiger partial charge >= 0.3 is 5.97 Å². The maximum Gasteiger partial charge on any atom is 0.344 e. The summed E-state index contributed by atoms with van der Waals surface area (Å²) in [7, 11) is 0. The zero-order valence-corrected chi connectivity index (χ0v) is 15.4. The van der Waals surface area contributed by atoms with Crippen molar-refractivity contribution in [1.82, 2.24) is 0 Å². The Morgan fingerprint density at radius 2 is 1.68 bits per heavy atom. The van der Waals surface area contributed by atoms with Crippen LogP contribution in [0.4, 0.5) is 11.4 Å². The van der Waals surface area contributed by atoms with Crippen molar-refractivity contribution < 1.29 is 28.7 Å². The van der Waals surface area contributed by atoms with E-state index in [0.29, 0.717) is 23.8 Å². The number of carbonyl (C=O) groups is 2. The highest BCUT2D eigenvalue weighted by atomic mass is 16.6. The number of hydrogen-bond donors (Lipinski definition) is 1. The fourth-order valence-corrected chi connectivity index (χ4v) is 2.18. The van der Waals surface area contributed by atoms with E-state index in [1.807, 2.05) is 6.92 Å². The fourth-order valence-electron chi connectivity index (χ4n) is 2.18. The van der Waals surface area contributed by atoms with E-state index in [0.717, 1.165) is 0 Å². The van der Waals surface area contributed by atoms with Crippen LogP contribution in [-0.2, 0) is 14.3 Å². The van der Waals surface area contributed by atoms with Crippen LogP contribution >= 0.6 is 0 Å². The van der Waals surface area contributed by atoms with Crippen LogP contribution in [0.25, 0.3) is 0 Å². The molecule has 2 aromatic rings. The smallest absolute Gasteiger partial charge is 0.344 e. The van der Waals surface area contributed by atoms with Gasteiger partial charge in [0.15, 0.2) is 24.2 Å². The Morgan fingerprint density at radius 3 is 2.25 bits per heavy atom. The van der Waals surface area contributed by atoms with E-state index < -0.39 is 22.9 Å². The van der Waals surface area contributed by atoms with Gasteiger partial charge in [-0.05, 0) is 38.1 Å². The SMILES string of the molecule is CCOc1ccccc1OCC(=O)OC(C)C(=O)Nc1ccc([N+](=O)[O-])cc1. The highest BCUT2D eigenvalue weighted by Crippen LogP contribution is 2.26. The molecule has 0 aliphatic rings. The normalized spacial score (nSPS) is 11.2. The molecular formula is C19H20N2O7. The molecule has 9 heteroatoms. The summed E-state index contributed by atoms with van der Waals surface area (Å²) >= 11 is 0. The number of non-ortho nitro benzene ring substituents is 1. The molecule has 1 atom stereocenters. The van der Waals surface area contributed by atoms with Crippen LogP contribution in [-0.4, -0.2) is 36.1 Å². The van der Waals surface area contributed by atoms with Gasteiger partial charge in [-0.1, -0.05) is 12.1 Å². The minimum absolute atomic E-state index is 0.0954. The lowest BCUT2D eigenvalue weighted by Gasteiger charge is -2.15. The van der Waals surface area contributed by atoms with E-state index >= 15 is 0 Å². The number of nitrogens with zero attached hydrogens (tertiary/aromatic N) is 1. The van der Waals surface area contributed by atoms with E-state index in [4.69, 9.17) is 14.2 Å². The first-order chi connectivity index (χ1) is 13.4. The molecule has 2 rings (SSSR count). The van der Waals surface area contributed by atoms with Crippen molar-refractivity contribution in [3.8, 4) is 11.5 Å². The number of amides is 1. The maximum atomic E-state index is 12.1. The molecule has 28 heavy (non-hydrogen) atoms. The molecule has 1 unspecified atom stereocenters. The minimum Gasteiger partial charge on any atom is -0.490 e. The number of anilines is 1. The first kappa shape index (κ1) is 20.7. The fraction of sp³-hybridized carbons (Fsp3) is 0.263. The molecule has 0 aliphatic carbocycles. The summed E-state index contributed by atoms with van der Waals surface area (Å²) in [5, 5.41) is 13.1. The van der Waals surface area contributed by atoms with Gasteiger partial charge in [0.2, 0.25) is 0 Å². The molecule has 0 heterocycles. The molecule has 0 bridgehead atoms. The zero-order valence-electron chi connectivity index (χ0n) is 15.4. The predicted molar refractivity (Wildman–Crippen MR) is 100 cm³/mol. The number of benzene rings is 2. The van der Waals surface area contributed by atoms with E-state index in [2.05, 4.69) is 5.32 Å². The lowest BCUT2D eigenvalue weighted by atomic mass is 10.2. The molecule has 0 fully saturated rings. The number of carbonyl (C=O) groups excluding carboxylic acids is 2. The summed E-state index contributed by atoms with van der Waals surface area (Å²) in [5.41, 5.74) is 0.252. The van der Waals surface area contributed by atoms with Gasteiger partial charge in [0, 0.05) is 17.8 Å². The van der Waals surface area contributed by atoms with Crippen LogP contribution in [0, 0.1) is 10.1 Å². The summed E-state index contributed by atoms with van der Waals surface area (Å²) in [4.78, 5) is 34.1. The quantitative estimate of drug-likeness (QED) is 0.399. The second-order valence-electron chi connectivity index (χ2n) is 5.59. The first-order valence-corrected chi connectivity index (χ1v) is 8.50. The Morgan fingerprint density at radius 1 is 1.07 bits per heavy atom. The van der Waals surface area contributed by atoms with Crippen LogP contribution in [0.3, 0.4) is 0 Å². The number of para-hydroxylation sites is 2. The summed E-state index contributed by atoms with van der Waals surface area (Å²) in [6.07, 6.45) is -1.08. The topological polar surface area (TPSA) is 117 Å². The first-order valence-electron chi connectivity index (χ1n) is 8.50. The minimum atomic E-state index is -1.08. The lowest BCUT2D eigenvalue weighted by molar-refractivity contribution is -0.384. The maximum absolute atomic E-state index is 12.1. The largest absolute Gasteiger partial charge is 0.490 e. The van der Waals surface area contributed by atoms with Crippen LogP contribution in [0.15, 0.2) is 48.5 Å². The van der Waals surface area contributed by atoms with Crippen molar-refractivity contribution in [2.24, 2.45) is 0 Å². The average molecular weight is 388 g/mol. The third-order valence-corrected chi connectivity index (χ3v) is 3.52. The lowest BCUT2D eigenvalue weighted by Crippen LogP contribution is -2.31. The van der Waals surface area contributed by atoms with Crippen LogP contribution in [0.2, 0.25) is 0 Å². The van der Waals surface area contributed by atoms with E-state index in [1.165, 1.54) is 31.2 Å². The average Bonchev–Trinajstić information content (AvgIpc) is 2.68. The number of nitro benzene ring substituents is 1. The van der Waals surface area contributed by atoms with Crippen molar-refractivity contribution in [1.29, 1.82) is 0 Å². The number of hydrogen-bond acceptors (Lipinski definition) is 7. The monoisotopic (exact) mass is 388 g/mol. The van der Waals surface area contributed by atoms with Gasteiger partial charge < -0.3 is 19.5 Å². The molecule has 9 nitrogen and oxygen atoms in total. The molecule has 0 spiro atoms. The van der Waals surface area contributed by atoms with Crippen molar-refractivity contribution in [3.05, 3.63) is 58.6 Å². The van der Waals surface area contributed by atoms with Crippen molar-refractivity contribution in [2.45, 2.75) is 20.0 Å². The third kappa shape index (κ3) is 5.97. The molecular weight excluding hydrogens is 368 g/mol. The molecule has 2 aromatic carbocycles. The molecule has 0 saturated heterocycles. The number of nitrogens with one attached hydrogen (secondary N) is 1. The van der Waals surface area contributed by atoms with Gasteiger partial charge in [-0.3, -0.25) is 14.9 Å². The Kier molecular flexibility index (Phi) is 7.32. The molecule has 0 radical (unpaired) electrons. The molecule has 0 aromatic heterocycles. The van der Waals surface area contributed by atoms with Gasteiger partial charge in [0.25, 0.3) is 11.6 Å². The Hall–Kier alpha value is -3.62. The van der Waals surface area contributed by atoms with Crippen molar-refractivity contribution in [2.75, 3.05) is 18.5 Å². The Bertz CT molecular complexity index is 836. The van der Waals surface area contributed by atoms with Gasteiger partial charge in [-0.25, -0.2) is 4.79 Å². The zero-order chi connectivity index (χ0) is 20.5. The number of nitro groups is 1. The van der Waals surface area contributed by atoms with Gasteiger partial charge in [-0.2, -0.15) is 0 Å². The summed E-state index contributed by atoms with van der Waals surface area (Å²) < 4.78 is 15.8. The Labute approximate surface area is 161 Å². The second-order valence-corrected chi connectivity index (χ2v) is 5.59. The number of rotatable bonds is 9. The van der Waals surface area contributed by atoms with Gasteiger partial charge in [-0.15, -0.1) is 0 Å². The second kappa shape index (κ2) is 9.91. The van der Waals surface area contributed by atoms with E-state index in [-0.39, 0.29) is 12.3 Å².